The molecular weight excluding hydrogens is 518 g/mol. The Bertz CT molecular complexity index is 1000. The monoisotopic (exact) mass is 563 g/mol. The van der Waals surface area contributed by atoms with Crippen LogP contribution in [0.3, 0.4) is 0 Å². The maximum Gasteiger partial charge on any atom is 0.309 e. The van der Waals surface area contributed by atoms with Crippen LogP contribution in [0, 0.1) is 22.7 Å². The molecule has 1 fully saturated rings. The minimum atomic E-state index is -1.62. The molecule has 10 heteroatoms. The van der Waals surface area contributed by atoms with Gasteiger partial charge in [0, 0.05) is 24.7 Å². The Balaban J connectivity index is 2.18. The molecule has 40 heavy (non-hydrogen) atoms. The summed E-state index contributed by atoms with van der Waals surface area (Å²) >= 11 is 0. The summed E-state index contributed by atoms with van der Waals surface area (Å²) in [5, 5.41) is 35.0. The molecule has 0 aromatic rings. The van der Waals surface area contributed by atoms with Gasteiger partial charge in [-0.15, -0.1) is 0 Å². The molecule has 0 aromatic heterocycles. The Morgan fingerprint density at radius 1 is 1.25 bits per heavy atom. The van der Waals surface area contributed by atoms with E-state index >= 15 is 0 Å². The predicted octanol–water partition coefficient (Wildman–Crippen LogP) is 3.54. The number of aliphatic hydroxyl groups is 3. The van der Waals surface area contributed by atoms with Crippen LogP contribution in [-0.2, 0) is 23.8 Å². The molecule has 10 nitrogen and oxygen atoms in total. The number of hydrogen-bond acceptors (Lipinski definition) is 10. The number of epoxide rings is 1. The third kappa shape index (κ3) is 9.47. The molecule has 0 amide bonds. The first-order chi connectivity index (χ1) is 18.7. The average molecular weight is 564 g/mol. The van der Waals surface area contributed by atoms with E-state index in [0.29, 0.717) is 12.0 Å². The highest BCUT2D eigenvalue weighted by molar-refractivity contribution is 5.71. The van der Waals surface area contributed by atoms with Gasteiger partial charge in [0.1, 0.15) is 17.8 Å². The molecule has 0 bridgehead atoms. The predicted molar refractivity (Wildman–Crippen MR) is 150 cm³/mol. The Labute approximate surface area is 236 Å². The number of esters is 2. The number of carbonyl (C=O) groups excluding carboxylic acids is 2. The first-order valence-electron chi connectivity index (χ1n) is 13.9. The van der Waals surface area contributed by atoms with Crippen LogP contribution < -0.4 is 0 Å². The summed E-state index contributed by atoms with van der Waals surface area (Å²) in [5.41, 5.74) is -0.909. The summed E-state index contributed by atoms with van der Waals surface area (Å²) < 4.78 is 16.7. The van der Waals surface area contributed by atoms with Crippen LogP contribution in [0.2, 0.25) is 0 Å². The number of cyclic esters (lactones) is 1. The molecule has 11 atom stereocenters. The van der Waals surface area contributed by atoms with E-state index in [1.807, 2.05) is 33.8 Å². The zero-order chi connectivity index (χ0) is 30.2. The molecule has 2 aliphatic heterocycles. The van der Waals surface area contributed by atoms with Gasteiger partial charge in [-0.25, -0.2) is 0 Å². The highest BCUT2D eigenvalue weighted by atomic mass is 16.6. The molecule has 2 aliphatic rings. The largest absolute Gasteiger partial charge is 0.457 e. The fourth-order valence-electron chi connectivity index (χ4n) is 4.84. The van der Waals surface area contributed by atoms with E-state index in [9.17, 15) is 29.8 Å². The molecule has 2 heterocycles. The lowest BCUT2D eigenvalue weighted by Crippen LogP contribution is -2.40. The van der Waals surface area contributed by atoms with Gasteiger partial charge in [0.2, 0.25) is 0 Å². The number of nitroso groups, excluding NO2 is 1. The van der Waals surface area contributed by atoms with Gasteiger partial charge in [-0.1, -0.05) is 69.3 Å². The molecule has 11 unspecified atom stereocenters. The maximum atomic E-state index is 12.6. The van der Waals surface area contributed by atoms with Gasteiger partial charge < -0.3 is 29.5 Å². The first-order valence-corrected chi connectivity index (χ1v) is 13.9. The van der Waals surface area contributed by atoms with Crippen molar-refractivity contribution in [3.8, 4) is 0 Å². The maximum absolute atomic E-state index is 12.6. The van der Waals surface area contributed by atoms with Crippen molar-refractivity contribution in [2.24, 2.45) is 22.9 Å². The molecule has 0 spiro atoms. The summed E-state index contributed by atoms with van der Waals surface area (Å²) in [6.45, 7) is 12.0. The van der Waals surface area contributed by atoms with Crippen LogP contribution in [0.4, 0.5) is 0 Å². The summed E-state index contributed by atoms with van der Waals surface area (Å²) in [6, 6.07) is -0.351. The number of hydrogen-bond donors (Lipinski definition) is 3. The Morgan fingerprint density at radius 2 is 1.93 bits per heavy atom. The van der Waals surface area contributed by atoms with Gasteiger partial charge >= 0.3 is 11.9 Å². The van der Waals surface area contributed by atoms with Gasteiger partial charge in [0.05, 0.1) is 30.8 Å². The zero-order valence-electron chi connectivity index (χ0n) is 24.5. The molecule has 0 radical (unpaired) electrons. The number of nitrogens with zero attached hydrogens (tertiary/aromatic N) is 1. The molecule has 2 rings (SSSR count). The van der Waals surface area contributed by atoms with E-state index in [0.717, 1.165) is 0 Å². The quantitative estimate of drug-likeness (QED) is 0.119. The second kappa shape index (κ2) is 14.8. The number of aliphatic hydroxyl groups excluding tert-OH is 2. The van der Waals surface area contributed by atoms with Crippen molar-refractivity contribution in [2.75, 3.05) is 0 Å². The lowest BCUT2D eigenvalue weighted by Gasteiger charge is -2.29. The van der Waals surface area contributed by atoms with Gasteiger partial charge in [0.15, 0.2) is 6.10 Å². The highest BCUT2D eigenvalue weighted by Crippen LogP contribution is 2.37. The molecule has 0 saturated carbocycles. The Hall–Kier alpha value is -2.66. The van der Waals surface area contributed by atoms with Crippen LogP contribution in [0.15, 0.2) is 53.3 Å². The van der Waals surface area contributed by atoms with Crippen molar-refractivity contribution < 1.29 is 39.1 Å². The lowest BCUT2D eigenvalue weighted by atomic mass is 9.90. The summed E-state index contributed by atoms with van der Waals surface area (Å²) in [6.07, 6.45) is 7.25. The molecule has 3 N–H and O–H groups in total. The second-order valence-corrected chi connectivity index (χ2v) is 11.2. The minimum absolute atomic E-state index is 0.0797. The number of ether oxygens (including phenoxy) is 3. The average Bonchev–Trinajstić information content (AvgIpc) is 3.68. The lowest BCUT2D eigenvalue weighted by molar-refractivity contribution is -0.152. The summed E-state index contributed by atoms with van der Waals surface area (Å²) in [4.78, 5) is 35.3. The molecule has 0 aliphatic carbocycles. The number of allylic oxidation sites excluding steroid dienone is 2. The van der Waals surface area contributed by atoms with Gasteiger partial charge in [-0.05, 0) is 31.9 Å². The molecular formula is C30H45NO9. The third-order valence-corrected chi connectivity index (χ3v) is 7.56. The topological polar surface area (TPSA) is 155 Å². The first kappa shape index (κ1) is 33.5. The summed E-state index contributed by atoms with van der Waals surface area (Å²) in [5.74, 6) is -1.89. The van der Waals surface area contributed by atoms with Crippen molar-refractivity contribution in [3.05, 3.63) is 53.0 Å². The normalized spacial score (nSPS) is 36.2. The second-order valence-electron chi connectivity index (χ2n) is 11.2. The van der Waals surface area contributed by atoms with Crippen molar-refractivity contribution >= 4 is 11.9 Å². The van der Waals surface area contributed by atoms with Crippen molar-refractivity contribution in [2.45, 2.75) is 110 Å². The minimum Gasteiger partial charge on any atom is -0.457 e. The molecule has 1 saturated heterocycles. The van der Waals surface area contributed by atoms with Crippen LogP contribution in [0.1, 0.15) is 61.3 Å². The Morgan fingerprint density at radius 3 is 2.52 bits per heavy atom. The van der Waals surface area contributed by atoms with Crippen LogP contribution in [-0.4, -0.2) is 75.5 Å². The number of carbonyl (C=O) groups is 2. The van der Waals surface area contributed by atoms with E-state index in [1.54, 1.807) is 31.2 Å². The van der Waals surface area contributed by atoms with E-state index in [1.165, 1.54) is 26.0 Å². The van der Waals surface area contributed by atoms with Crippen LogP contribution in [0.5, 0.6) is 0 Å². The van der Waals surface area contributed by atoms with E-state index in [-0.39, 0.29) is 42.4 Å². The van der Waals surface area contributed by atoms with Gasteiger partial charge in [-0.2, -0.15) is 4.91 Å². The van der Waals surface area contributed by atoms with E-state index in [4.69, 9.17) is 14.2 Å². The van der Waals surface area contributed by atoms with Crippen molar-refractivity contribution in [3.63, 3.8) is 0 Å². The van der Waals surface area contributed by atoms with E-state index < -0.39 is 42.0 Å². The fourth-order valence-corrected chi connectivity index (χ4v) is 4.84. The summed E-state index contributed by atoms with van der Waals surface area (Å²) in [7, 11) is 0. The fraction of sp³-hybridized carbons (Fsp3) is 0.667. The number of rotatable bonds is 10. The highest BCUT2D eigenvalue weighted by Gasteiger charge is 2.50. The zero-order valence-corrected chi connectivity index (χ0v) is 24.5. The smallest absolute Gasteiger partial charge is 0.309 e. The van der Waals surface area contributed by atoms with Crippen molar-refractivity contribution in [1.29, 1.82) is 0 Å². The molecule has 224 valence electrons. The van der Waals surface area contributed by atoms with Gasteiger partial charge in [-0.3, -0.25) is 9.59 Å². The van der Waals surface area contributed by atoms with Crippen molar-refractivity contribution in [1.82, 2.24) is 0 Å². The van der Waals surface area contributed by atoms with Crippen LogP contribution in [0.25, 0.3) is 0 Å². The third-order valence-electron chi connectivity index (χ3n) is 7.56. The van der Waals surface area contributed by atoms with Crippen LogP contribution >= 0.6 is 0 Å². The SMILES string of the molecule is CCC(N=O)C(C)C1OC1C(O)C(C)/C=C/C=C(\C)C1OC(=O)CC(O)/C=C/C(C)(O)C(OC(C)=O)/C=C/C1C. The van der Waals surface area contributed by atoms with E-state index in [2.05, 4.69) is 5.18 Å². The standard InChI is InChI=1S/C30H45NO9/c1-8-23(31-37)20(5)28-29(40-28)26(35)17(2)10-9-11-18(3)27-19(4)12-13-24(38-21(6)32)30(7,36)15-14-22(33)16-25(34)39-27/h9-15,17,19-20,22-24,26-29,33,35-36H,8,16H2,1-7H3/b10-9+,13-12+,15-14+,18-11+. The Kier molecular flexibility index (Phi) is 12.4. The van der Waals surface area contributed by atoms with Gasteiger partial charge in [0.25, 0.3) is 0 Å². The molecule has 0 aromatic carbocycles.